The number of benzene rings is 2. The van der Waals surface area contributed by atoms with Crippen molar-refractivity contribution in [1.82, 2.24) is 5.32 Å². The quantitative estimate of drug-likeness (QED) is 0.0733. The zero-order valence-corrected chi connectivity index (χ0v) is 27.8. The van der Waals surface area contributed by atoms with Crippen molar-refractivity contribution in [2.24, 2.45) is 11.8 Å². The van der Waals surface area contributed by atoms with Crippen LogP contribution in [0.4, 0.5) is 0 Å². The Morgan fingerprint density at radius 2 is 1.52 bits per heavy atom. The van der Waals surface area contributed by atoms with Gasteiger partial charge in [0.05, 0.1) is 18.9 Å². The fourth-order valence-corrected chi connectivity index (χ4v) is 5.07. The second-order valence-electron chi connectivity index (χ2n) is 12.5. The maximum absolute atomic E-state index is 13.3. The third kappa shape index (κ3) is 14.5. The molecule has 0 bridgehead atoms. The minimum atomic E-state index is -3.02. The summed E-state index contributed by atoms with van der Waals surface area (Å²) < 4.78 is 5.68. The van der Waals surface area contributed by atoms with Crippen LogP contribution in [0.1, 0.15) is 82.8 Å². The maximum atomic E-state index is 13.3. The number of carbonyl (C=O) groups excluding carboxylic acids is 2. The number of aliphatic hydroxyl groups is 1. The maximum Gasteiger partial charge on any atom is 0.337 e. The van der Waals surface area contributed by atoms with E-state index < -0.39 is 47.8 Å². The summed E-state index contributed by atoms with van der Waals surface area (Å²) in [5.74, 6) is -6.70. The average Bonchev–Trinajstić information content (AvgIpc) is 3.03. The summed E-state index contributed by atoms with van der Waals surface area (Å²) in [6.07, 6.45) is 7.03. The molecule has 262 valence electrons. The first-order valence-corrected chi connectivity index (χ1v) is 16.5. The number of Topliss-reactive ketones (excluding diaryl/α,β-unsaturated/α-hetero) is 1. The molecular weight excluding hydrogens is 618 g/mol. The van der Waals surface area contributed by atoms with Gasteiger partial charge in [0.25, 0.3) is 0 Å². The molecule has 11 heteroatoms. The van der Waals surface area contributed by atoms with Crippen LogP contribution >= 0.6 is 0 Å². The molecule has 0 spiro atoms. The third-order valence-electron chi connectivity index (χ3n) is 7.97. The van der Waals surface area contributed by atoms with Crippen LogP contribution in [0.5, 0.6) is 5.75 Å². The number of hydrogen-bond acceptors (Lipinski definition) is 7. The topological polar surface area (TPSA) is 188 Å². The van der Waals surface area contributed by atoms with E-state index in [0.29, 0.717) is 55.9 Å². The summed E-state index contributed by atoms with van der Waals surface area (Å²) in [5.41, 5.74) is -1.35. The van der Waals surface area contributed by atoms with Crippen molar-refractivity contribution in [1.29, 1.82) is 0 Å². The first kappa shape index (κ1) is 39.7. The number of allylic oxidation sites excluding steroid dienone is 1. The summed E-state index contributed by atoms with van der Waals surface area (Å²) in [4.78, 5) is 61.1. The minimum Gasteiger partial charge on any atom is -0.494 e. The van der Waals surface area contributed by atoms with Crippen LogP contribution in [0.3, 0.4) is 0 Å². The number of nitrogens with one attached hydrogen (secondary N) is 1. The Kier molecular flexibility index (Phi) is 17.1. The standard InChI is InChI=1S/C37H49NO10/c1-26(2)22-23-48-30-20-17-28(18-21-30)24-32(35(43)44)38-34(42)31(37(47,36(45)46)25-33(40)41)15-11-6-4-3-5-10-14-29(39)19-16-27-12-8-7-9-13-27/h7-9,11-13,15,17-18,20-21,26,31-32,47H,3-6,10,14,16,19,22-25H2,1-2H3,(H,38,42)(H,40,41)(H,43,44)(H,45,46)/t31-,32+,37+/m1/s1. The van der Waals surface area contributed by atoms with Crippen molar-refractivity contribution in [2.45, 2.75) is 96.1 Å². The lowest BCUT2D eigenvalue weighted by Crippen LogP contribution is -2.55. The molecule has 2 rings (SSSR count). The van der Waals surface area contributed by atoms with Crippen LogP contribution in [-0.2, 0) is 36.8 Å². The first-order chi connectivity index (χ1) is 22.8. The monoisotopic (exact) mass is 667 g/mol. The van der Waals surface area contributed by atoms with E-state index in [1.165, 1.54) is 6.08 Å². The Morgan fingerprint density at radius 3 is 2.12 bits per heavy atom. The SMILES string of the molecule is CC(C)CCOc1ccc(C[C@H](NC(=O)[C@@H](C=CCCCCCCC(=O)CCc2ccccc2)[C@@](O)(CC(=O)O)C(=O)O)C(=O)O)cc1. The summed E-state index contributed by atoms with van der Waals surface area (Å²) >= 11 is 0. The number of aryl methyl sites for hydroxylation is 1. The average molecular weight is 668 g/mol. The number of rotatable bonds is 24. The number of carboxylic acids is 3. The smallest absolute Gasteiger partial charge is 0.337 e. The molecule has 1 amide bonds. The van der Waals surface area contributed by atoms with Gasteiger partial charge >= 0.3 is 17.9 Å². The lowest BCUT2D eigenvalue weighted by molar-refractivity contribution is -0.172. The largest absolute Gasteiger partial charge is 0.494 e. The molecule has 0 fully saturated rings. The predicted molar refractivity (Wildman–Crippen MR) is 180 cm³/mol. The lowest BCUT2D eigenvalue weighted by atomic mass is 9.82. The molecule has 0 aliphatic rings. The molecule has 0 heterocycles. The van der Waals surface area contributed by atoms with E-state index in [0.717, 1.165) is 37.3 Å². The molecule has 2 aromatic carbocycles. The normalized spacial score (nSPS) is 13.8. The number of carboxylic acid groups (broad SMARTS) is 3. The number of unbranched alkanes of at least 4 members (excludes halogenated alkanes) is 4. The van der Waals surface area contributed by atoms with Gasteiger partial charge in [0.15, 0.2) is 5.60 Å². The van der Waals surface area contributed by atoms with E-state index in [-0.39, 0.29) is 12.2 Å². The molecule has 0 saturated carbocycles. The highest BCUT2D eigenvalue weighted by Gasteiger charge is 2.49. The number of hydrogen-bond donors (Lipinski definition) is 5. The molecule has 0 aliphatic carbocycles. The lowest BCUT2D eigenvalue weighted by Gasteiger charge is -2.29. The fourth-order valence-electron chi connectivity index (χ4n) is 5.07. The number of amides is 1. The van der Waals surface area contributed by atoms with Gasteiger partial charge in [-0.1, -0.05) is 81.3 Å². The highest BCUT2D eigenvalue weighted by atomic mass is 16.5. The predicted octanol–water partition coefficient (Wildman–Crippen LogP) is 5.23. The van der Waals surface area contributed by atoms with Crippen molar-refractivity contribution in [3.8, 4) is 5.75 Å². The molecule has 0 aromatic heterocycles. The van der Waals surface area contributed by atoms with E-state index in [1.54, 1.807) is 24.3 Å². The van der Waals surface area contributed by atoms with Crippen molar-refractivity contribution in [2.75, 3.05) is 6.61 Å². The molecule has 0 aliphatic heterocycles. The van der Waals surface area contributed by atoms with E-state index in [2.05, 4.69) is 19.2 Å². The van der Waals surface area contributed by atoms with Crippen LogP contribution < -0.4 is 10.1 Å². The van der Waals surface area contributed by atoms with Gasteiger partial charge in [-0.2, -0.15) is 0 Å². The Labute approximate surface area is 282 Å². The summed E-state index contributed by atoms with van der Waals surface area (Å²) in [6, 6.07) is 15.0. The Morgan fingerprint density at radius 1 is 0.854 bits per heavy atom. The Bertz CT molecular complexity index is 1360. The number of aliphatic carboxylic acids is 3. The molecule has 2 aromatic rings. The number of carbonyl (C=O) groups is 5. The second kappa shape index (κ2) is 20.7. The molecule has 5 N–H and O–H groups in total. The zero-order valence-electron chi connectivity index (χ0n) is 27.8. The van der Waals surface area contributed by atoms with Gasteiger partial charge in [-0.25, -0.2) is 9.59 Å². The van der Waals surface area contributed by atoms with E-state index in [9.17, 15) is 44.4 Å². The summed E-state index contributed by atoms with van der Waals surface area (Å²) in [5, 5.41) is 42.1. The van der Waals surface area contributed by atoms with Crippen LogP contribution in [0.2, 0.25) is 0 Å². The fraction of sp³-hybridized carbons (Fsp3) is 0.486. The number of ether oxygens (including phenoxy) is 1. The van der Waals surface area contributed by atoms with Crippen molar-refractivity contribution >= 4 is 29.6 Å². The van der Waals surface area contributed by atoms with Gasteiger partial charge in [-0.3, -0.25) is 14.4 Å². The molecule has 11 nitrogen and oxygen atoms in total. The molecule has 48 heavy (non-hydrogen) atoms. The van der Waals surface area contributed by atoms with Crippen LogP contribution in [0.15, 0.2) is 66.7 Å². The molecule has 0 saturated heterocycles. The van der Waals surface area contributed by atoms with E-state index >= 15 is 0 Å². The minimum absolute atomic E-state index is 0.150. The summed E-state index contributed by atoms with van der Waals surface area (Å²) in [6.45, 7) is 4.68. The number of ketones is 1. The second-order valence-corrected chi connectivity index (χ2v) is 12.5. The molecular formula is C37H49NO10. The van der Waals surface area contributed by atoms with Gasteiger partial charge < -0.3 is 30.5 Å². The molecule has 0 radical (unpaired) electrons. The van der Waals surface area contributed by atoms with Crippen LogP contribution in [0.25, 0.3) is 0 Å². The van der Waals surface area contributed by atoms with Crippen molar-refractivity contribution < 1.29 is 49.1 Å². The molecule has 0 unspecified atom stereocenters. The van der Waals surface area contributed by atoms with Gasteiger partial charge in [0, 0.05) is 19.3 Å². The van der Waals surface area contributed by atoms with Crippen LogP contribution in [-0.4, -0.2) is 68.3 Å². The highest BCUT2D eigenvalue weighted by Crippen LogP contribution is 2.26. The van der Waals surface area contributed by atoms with Crippen molar-refractivity contribution in [3.05, 3.63) is 77.9 Å². The third-order valence-corrected chi connectivity index (χ3v) is 7.97. The molecule has 3 atom stereocenters. The Balaban J connectivity index is 1.98. The van der Waals surface area contributed by atoms with Crippen LogP contribution in [0, 0.1) is 11.8 Å². The van der Waals surface area contributed by atoms with Gasteiger partial charge in [0.2, 0.25) is 5.91 Å². The van der Waals surface area contributed by atoms with Gasteiger partial charge in [-0.15, -0.1) is 0 Å². The first-order valence-electron chi connectivity index (χ1n) is 16.5. The summed E-state index contributed by atoms with van der Waals surface area (Å²) in [7, 11) is 0. The van der Waals surface area contributed by atoms with Crippen molar-refractivity contribution in [3.63, 3.8) is 0 Å². The Hall–Kier alpha value is -4.51. The zero-order chi connectivity index (χ0) is 35.5. The van der Waals surface area contributed by atoms with Gasteiger partial charge in [0.1, 0.15) is 17.6 Å². The van der Waals surface area contributed by atoms with Gasteiger partial charge in [-0.05, 0) is 61.3 Å². The highest BCUT2D eigenvalue weighted by molar-refractivity contribution is 5.94. The van der Waals surface area contributed by atoms with E-state index in [4.69, 9.17) is 4.74 Å². The van der Waals surface area contributed by atoms with E-state index in [1.807, 2.05) is 30.3 Å².